The van der Waals surface area contributed by atoms with Crippen LogP contribution in [0.3, 0.4) is 0 Å². The number of rotatable bonds is 4. The molecule has 16 heavy (non-hydrogen) atoms. The van der Waals surface area contributed by atoms with Crippen molar-refractivity contribution in [1.82, 2.24) is 9.80 Å². The Labute approximate surface area is 96.8 Å². The summed E-state index contributed by atoms with van der Waals surface area (Å²) in [4.78, 5) is 15.5. The van der Waals surface area contributed by atoms with Gasteiger partial charge >= 0.3 is 0 Å². The van der Waals surface area contributed by atoms with Crippen molar-refractivity contribution >= 4 is 5.91 Å². The van der Waals surface area contributed by atoms with E-state index in [1.54, 1.807) is 0 Å². The third-order valence-corrected chi connectivity index (χ3v) is 3.24. The van der Waals surface area contributed by atoms with Crippen LogP contribution < -0.4 is 5.73 Å². The zero-order valence-corrected chi connectivity index (χ0v) is 10.0. The van der Waals surface area contributed by atoms with Crippen LogP contribution in [0.1, 0.15) is 20.3 Å². The minimum Gasteiger partial charge on any atom is -0.368 e. The van der Waals surface area contributed by atoms with Crippen LogP contribution in [-0.4, -0.2) is 54.0 Å². The molecule has 1 fully saturated rings. The van der Waals surface area contributed by atoms with Crippen LogP contribution in [0.15, 0.2) is 0 Å². The highest BCUT2D eigenvalue weighted by atomic mass is 16.1. The number of carbonyl (C=O) groups excluding carboxylic acids is 1. The maximum absolute atomic E-state index is 11.2. The highest BCUT2D eigenvalue weighted by molar-refractivity contribution is 5.79. The van der Waals surface area contributed by atoms with Gasteiger partial charge < -0.3 is 5.73 Å². The molecule has 1 aliphatic rings. The lowest BCUT2D eigenvalue weighted by atomic mass is 10.1. The average Bonchev–Trinajstić information content (AvgIpc) is 2.29. The van der Waals surface area contributed by atoms with Gasteiger partial charge in [-0.3, -0.25) is 14.6 Å². The Bertz CT molecular complexity index is 278. The quantitative estimate of drug-likeness (QED) is 0.716. The van der Waals surface area contributed by atoms with Gasteiger partial charge in [-0.15, -0.1) is 0 Å². The van der Waals surface area contributed by atoms with E-state index in [1.165, 1.54) is 0 Å². The molecule has 5 nitrogen and oxygen atoms in total. The number of primary amides is 1. The molecule has 0 aromatic heterocycles. The van der Waals surface area contributed by atoms with Crippen molar-refractivity contribution in [3.05, 3.63) is 0 Å². The van der Waals surface area contributed by atoms with Gasteiger partial charge in [-0.25, -0.2) is 0 Å². The van der Waals surface area contributed by atoms with Gasteiger partial charge in [0, 0.05) is 26.2 Å². The monoisotopic (exact) mass is 224 g/mol. The molecule has 0 aromatic carbocycles. The first-order valence-corrected chi connectivity index (χ1v) is 5.77. The van der Waals surface area contributed by atoms with E-state index in [9.17, 15) is 4.79 Å². The molecule has 2 unspecified atom stereocenters. The molecule has 1 rings (SSSR count). The number of amides is 1. The van der Waals surface area contributed by atoms with Crippen LogP contribution in [-0.2, 0) is 4.79 Å². The first-order chi connectivity index (χ1) is 7.60. The van der Waals surface area contributed by atoms with Gasteiger partial charge in [-0.05, 0) is 13.3 Å². The van der Waals surface area contributed by atoms with E-state index in [0.717, 1.165) is 32.6 Å². The molecular formula is C11H20N4O. The zero-order chi connectivity index (χ0) is 12.1. The lowest BCUT2D eigenvalue weighted by Gasteiger charge is -2.38. The van der Waals surface area contributed by atoms with Crippen molar-refractivity contribution in [2.45, 2.75) is 32.4 Å². The number of nitriles is 1. The summed E-state index contributed by atoms with van der Waals surface area (Å²) in [6, 6.07) is 2.03. The van der Waals surface area contributed by atoms with Gasteiger partial charge in [0.25, 0.3) is 0 Å². The second-order valence-electron chi connectivity index (χ2n) is 4.20. The Kier molecular flexibility index (Phi) is 4.71. The molecule has 0 radical (unpaired) electrons. The van der Waals surface area contributed by atoms with Crippen LogP contribution in [0.25, 0.3) is 0 Å². The SMILES string of the molecule is CCC(C(N)=O)N1CCN(C(C)C#N)CC1. The number of nitrogens with two attached hydrogens (primary N) is 1. The van der Waals surface area contributed by atoms with E-state index in [1.807, 2.05) is 13.8 Å². The maximum Gasteiger partial charge on any atom is 0.234 e. The lowest BCUT2D eigenvalue weighted by molar-refractivity contribution is -0.124. The molecule has 1 saturated heterocycles. The molecule has 1 aliphatic heterocycles. The topological polar surface area (TPSA) is 73.4 Å². The molecular weight excluding hydrogens is 204 g/mol. The van der Waals surface area contributed by atoms with Crippen LogP contribution >= 0.6 is 0 Å². The Hall–Kier alpha value is -1.12. The molecule has 0 saturated carbocycles. The number of nitrogens with zero attached hydrogens (tertiary/aromatic N) is 3. The van der Waals surface area contributed by atoms with Crippen molar-refractivity contribution < 1.29 is 4.79 Å². The maximum atomic E-state index is 11.2. The second-order valence-corrected chi connectivity index (χ2v) is 4.20. The number of carbonyl (C=O) groups is 1. The fourth-order valence-corrected chi connectivity index (χ4v) is 2.16. The summed E-state index contributed by atoms with van der Waals surface area (Å²) in [5.41, 5.74) is 5.35. The van der Waals surface area contributed by atoms with Crippen LogP contribution in [0.4, 0.5) is 0 Å². The molecule has 1 amide bonds. The molecule has 90 valence electrons. The molecule has 2 N–H and O–H groups in total. The first kappa shape index (κ1) is 12.9. The fourth-order valence-electron chi connectivity index (χ4n) is 2.16. The Morgan fingerprint density at radius 1 is 1.38 bits per heavy atom. The van der Waals surface area contributed by atoms with Crippen molar-refractivity contribution in [2.24, 2.45) is 5.73 Å². The molecule has 0 spiro atoms. The summed E-state index contributed by atoms with van der Waals surface area (Å²) in [6.07, 6.45) is 0.753. The summed E-state index contributed by atoms with van der Waals surface area (Å²) in [6.45, 7) is 7.17. The minimum absolute atomic E-state index is 0.0456. The molecule has 5 heteroatoms. The number of hydrogen-bond donors (Lipinski definition) is 1. The summed E-state index contributed by atoms with van der Waals surface area (Å²) < 4.78 is 0. The van der Waals surface area contributed by atoms with Crippen LogP contribution in [0, 0.1) is 11.3 Å². The summed E-state index contributed by atoms with van der Waals surface area (Å²) >= 11 is 0. The van der Waals surface area contributed by atoms with Gasteiger partial charge in [-0.1, -0.05) is 6.92 Å². The summed E-state index contributed by atoms with van der Waals surface area (Å²) in [5.74, 6) is -0.246. The molecule has 1 heterocycles. The third kappa shape index (κ3) is 2.94. The van der Waals surface area contributed by atoms with Gasteiger partial charge in [0.15, 0.2) is 0 Å². The Morgan fingerprint density at radius 3 is 2.25 bits per heavy atom. The predicted molar refractivity (Wildman–Crippen MR) is 61.5 cm³/mol. The van der Waals surface area contributed by atoms with Crippen molar-refractivity contribution in [3.8, 4) is 6.07 Å². The second kappa shape index (κ2) is 5.83. The molecule has 0 aliphatic carbocycles. The standard InChI is InChI=1S/C11H20N4O/c1-3-10(11(13)16)15-6-4-14(5-7-15)9(2)8-12/h9-10H,3-7H2,1-2H3,(H2,13,16). The van der Waals surface area contributed by atoms with Crippen molar-refractivity contribution in [1.29, 1.82) is 5.26 Å². The van der Waals surface area contributed by atoms with Gasteiger partial charge in [0.2, 0.25) is 5.91 Å². The molecule has 2 atom stereocenters. The van der Waals surface area contributed by atoms with Crippen LogP contribution in [0.5, 0.6) is 0 Å². The van der Waals surface area contributed by atoms with Crippen molar-refractivity contribution in [2.75, 3.05) is 26.2 Å². The van der Waals surface area contributed by atoms with E-state index < -0.39 is 0 Å². The van der Waals surface area contributed by atoms with Gasteiger partial charge in [-0.2, -0.15) is 5.26 Å². The largest absolute Gasteiger partial charge is 0.368 e. The van der Waals surface area contributed by atoms with E-state index in [4.69, 9.17) is 11.0 Å². The van der Waals surface area contributed by atoms with Gasteiger partial charge in [0.05, 0.1) is 18.2 Å². The third-order valence-electron chi connectivity index (χ3n) is 3.24. The van der Waals surface area contributed by atoms with Crippen LogP contribution in [0.2, 0.25) is 0 Å². The Morgan fingerprint density at radius 2 is 1.88 bits per heavy atom. The lowest BCUT2D eigenvalue weighted by Crippen LogP contribution is -2.55. The fraction of sp³-hybridized carbons (Fsp3) is 0.818. The number of hydrogen-bond acceptors (Lipinski definition) is 4. The highest BCUT2D eigenvalue weighted by Gasteiger charge is 2.27. The summed E-state index contributed by atoms with van der Waals surface area (Å²) in [5, 5.41) is 8.82. The zero-order valence-electron chi connectivity index (χ0n) is 10.0. The van der Waals surface area contributed by atoms with E-state index in [-0.39, 0.29) is 18.0 Å². The van der Waals surface area contributed by atoms with Gasteiger partial charge in [0.1, 0.15) is 0 Å². The average molecular weight is 224 g/mol. The van der Waals surface area contributed by atoms with Crippen molar-refractivity contribution in [3.63, 3.8) is 0 Å². The summed E-state index contributed by atoms with van der Waals surface area (Å²) in [7, 11) is 0. The number of piperazine rings is 1. The smallest absolute Gasteiger partial charge is 0.234 e. The predicted octanol–water partition coefficient (Wildman–Crippen LogP) is -0.220. The highest BCUT2D eigenvalue weighted by Crippen LogP contribution is 2.10. The Balaban J connectivity index is 2.48. The van der Waals surface area contributed by atoms with E-state index in [0.29, 0.717) is 0 Å². The molecule has 0 aromatic rings. The normalized spacial score (nSPS) is 22.3. The molecule has 0 bridgehead atoms. The van der Waals surface area contributed by atoms with E-state index in [2.05, 4.69) is 15.9 Å². The first-order valence-electron chi connectivity index (χ1n) is 5.77. The minimum atomic E-state index is -0.246. The van der Waals surface area contributed by atoms with E-state index >= 15 is 0 Å².